The molecule has 0 aliphatic heterocycles. The van der Waals surface area contributed by atoms with E-state index in [1.54, 1.807) is 0 Å². The summed E-state index contributed by atoms with van der Waals surface area (Å²) in [6, 6.07) is 0. The smallest absolute Gasteiger partial charge is 0.305 e. The van der Waals surface area contributed by atoms with Crippen LogP contribution >= 0.6 is 0 Å². The van der Waals surface area contributed by atoms with Crippen molar-refractivity contribution in [1.82, 2.24) is 9.80 Å². The molecule has 0 aliphatic rings. The van der Waals surface area contributed by atoms with Crippen LogP contribution in [0.15, 0.2) is 0 Å². The van der Waals surface area contributed by atoms with Gasteiger partial charge in [-0.2, -0.15) is 0 Å². The fraction of sp³-hybridized carbons (Fsp3) is 0.963. The normalized spacial score (nSPS) is 13.8. The minimum absolute atomic E-state index is 0.0448. The van der Waals surface area contributed by atoms with Gasteiger partial charge in [0.15, 0.2) is 0 Å². The molecule has 2 N–H and O–H groups in total. The molecule has 0 spiro atoms. The third kappa shape index (κ3) is 40.3. The Morgan fingerprint density at radius 3 is 1.05 bits per heavy atom. The molecular formula is C54H108N2O6. The van der Waals surface area contributed by atoms with Crippen LogP contribution in [0, 0.1) is 11.8 Å². The van der Waals surface area contributed by atoms with E-state index in [2.05, 4.69) is 37.5 Å². The van der Waals surface area contributed by atoms with E-state index in [1.807, 2.05) is 13.8 Å². The summed E-state index contributed by atoms with van der Waals surface area (Å²) in [6.45, 7) is 19.1. The molecule has 0 aliphatic carbocycles. The van der Waals surface area contributed by atoms with E-state index in [-0.39, 0.29) is 24.1 Å². The molecule has 4 unspecified atom stereocenters. The minimum atomic E-state index is -0.359. The van der Waals surface area contributed by atoms with Gasteiger partial charge in [-0.25, -0.2) is 0 Å². The summed E-state index contributed by atoms with van der Waals surface area (Å²) in [5.74, 6) is 0.880. The third-order valence-electron chi connectivity index (χ3n) is 13.1. The van der Waals surface area contributed by atoms with Crippen molar-refractivity contribution in [3.05, 3.63) is 0 Å². The highest BCUT2D eigenvalue weighted by molar-refractivity contribution is 5.69. The monoisotopic (exact) mass is 881 g/mol. The van der Waals surface area contributed by atoms with Crippen molar-refractivity contribution in [2.75, 3.05) is 52.5 Å². The molecule has 0 fully saturated rings. The molecule has 0 amide bonds. The fourth-order valence-corrected chi connectivity index (χ4v) is 8.68. The van der Waals surface area contributed by atoms with Crippen molar-refractivity contribution in [3.63, 3.8) is 0 Å². The maximum atomic E-state index is 12.8. The van der Waals surface area contributed by atoms with Crippen molar-refractivity contribution < 1.29 is 29.3 Å². The molecule has 370 valence electrons. The first-order valence-electron chi connectivity index (χ1n) is 27.3. The number of nitrogens with zero attached hydrogens (tertiary/aromatic N) is 2. The van der Waals surface area contributed by atoms with Gasteiger partial charge in [0.1, 0.15) is 0 Å². The van der Waals surface area contributed by atoms with Crippen LogP contribution in [0.4, 0.5) is 0 Å². The summed E-state index contributed by atoms with van der Waals surface area (Å²) in [5, 5.41) is 21.1. The maximum Gasteiger partial charge on any atom is 0.305 e. The van der Waals surface area contributed by atoms with Crippen molar-refractivity contribution in [3.8, 4) is 0 Å². The van der Waals surface area contributed by atoms with Gasteiger partial charge in [-0.15, -0.1) is 0 Å². The Labute approximate surface area is 386 Å². The first-order chi connectivity index (χ1) is 30.2. The van der Waals surface area contributed by atoms with Crippen molar-refractivity contribution >= 4 is 11.9 Å². The van der Waals surface area contributed by atoms with Gasteiger partial charge < -0.3 is 29.5 Å². The van der Waals surface area contributed by atoms with Crippen LogP contribution in [-0.4, -0.2) is 96.6 Å². The first-order valence-corrected chi connectivity index (χ1v) is 27.3. The van der Waals surface area contributed by atoms with Gasteiger partial charge in [-0.3, -0.25) is 9.59 Å². The molecule has 0 aromatic carbocycles. The van der Waals surface area contributed by atoms with Gasteiger partial charge in [0, 0.05) is 25.9 Å². The number of hydrogen-bond donors (Lipinski definition) is 2. The lowest BCUT2D eigenvalue weighted by atomic mass is 9.95. The average Bonchev–Trinajstić information content (AvgIpc) is 3.27. The zero-order valence-electron chi connectivity index (χ0n) is 42.4. The average molecular weight is 881 g/mol. The van der Waals surface area contributed by atoms with Crippen LogP contribution in [0.25, 0.3) is 0 Å². The lowest BCUT2D eigenvalue weighted by Gasteiger charge is -2.28. The summed E-state index contributed by atoms with van der Waals surface area (Å²) >= 11 is 0. The Kier molecular flexibility index (Phi) is 45.4. The van der Waals surface area contributed by atoms with E-state index < -0.39 is 0 Å². The third-order valence-corrected chi connectivity index (χ3v) is 13.1. The second kappa shape index (κ2) is 46.3. The van der Waals surface area contributed by atoms with Crippen LogP contribution in [0.2, 0.25) is 0 Å². The lowest BCUT2D eigenvalue weighted by Crippen LogP contribution is -2.38. The zero-order valence-corrected chi connectivity index (χ0v) is 42.4. The Bertz CT molecular complexity index is 952. The fourth-order valence-electron chi connectivity index (χ4n) is 8.68. The first kappa shape index (κ1) is 60.8. The number of aliphatic hydroxyl groups excluding tert-OH is 2. The lowest BCUT2D eigenvalue weighted by molar-refractivity contribution is -0.146. The van der Waals surface area contributed by atoms with Crippen LogP contribution in [0.5, 0.6) is 0 Å². The summed E-state index contributed by atoms with van der Waals surface area (Å²) in [7, 11) is 0. The van der Waals surface area contributed by atoms with Crippen LogP contribution in [-0.2, 0) is 19.1 Å². The van der Waals surface area contributed by atoms with E-state index in [9.17, 15) is 19.8 Å². The summed E-state index contributed by atoms with van der Waals surface area (Å²) in [4.78, 5) is 30.3. The number of rotatable bonds is 49. The number of esters is 2. The molecule has 0 aromatic rings. The van der Waals surface area contributed by atoms with Crippen molar-refractivity contribution in [2.45, 2.75) is 272 Å². The number of carbonyl (C=O) groups excluding carboxylic acids is 2. The molecule has 0 aromatic heterocycles. The van der Waals surface area contributed by atoms with Gasteiger partial charge in [0.05, 0.1) is 25.4 Å². The molecule has 0 bridgehead atoms. The van der Waals surface area contributed by atoms with E-state index in [4.69, 9.17) is 9.47 Å². The Morgan fingerprint density at radius 1 is 0.387 bits per heavy atom. The number of ether oxygens (including phenoxy) is 2. The summed E-state index contributed by atoms with van der Waals surface area (Å²) < 4.78 is 11.7. The van der Waals surface area contributed by atoms with E-state index >= 15 is 0 Å². The van der Waals surface area contributed by atoms with E-state index in [0.717, 1.165) is 77.5 Å². The van der Waals surface area contributed by atoms with Gasteiger partial charge in [0.25, 0.3) is 0 Å². The highest BCUT2D eigenvalue weighted by atomic mass is 16.5. The molecule has 0 rings (SSSR count). The SMILES string of the molecule is CCCCCCCCC(CCCCCC)COC(=O)CCCCCN(CCCN(CCCCC(=O)OCC(CCCCCC)CCCCCCCC)CC(O)CC)CC(O)CC. The van der Waals surface area contributed by atoms with Crippen LogP contribution in [0.1, 0.15) is 260 Å². The predicted molar refractivity (Wildman–Crippen MR) is 265 cm³/mol. The second-order valence-corrected chi connectivity index (χ2v) is 19.3. The van der Waals surface area contributed by atoms with Gasteiger partial charge >= 0.3 is 11.9 Å². The standard InChI is InChI=1S/C54H108N2O6/c1-7-13-17-21-23-28-37-49(35-26-19-15-9-3)47-61-53(59)39-30-25-32-41-55(45-51(57)11-5)43-34-44-56(46-52(58)12-6)42-33-31-40-54(60)62-48-50(36-27-20-16-10-4)38-29-24-22-18-14-8-2/h49-52,57-58H,7-48H2,1-6H3. The molecule has 0 saturated carbocycles. The molecule has 8 nitrogen and oxygen atoms in total. The van der Waals surface area contributed by atoms with Gasteiger partial charge in [-0.1, -0.05) is 176 Å². The largest absolute Gasteiger partial charge is 0.465 e. The van der Waals surface area contributed by atoms with E-state index in [1.165, 1.54) is 154 Å². The number of aliphatic hydroxyl groups is 2. The Hall–Kier alpha value is -1.22. The van der Waals surface area contributed by atoms with Gasteiger partial charge in [0.2, 0.25) is 0 Å². The minimum Gasteiger partial charge on any atom is -0.465 e. The predicted octanol–water partition coefficient (Wildman–Crippen LogP) is 14.0. The Morgan fingerprint density at radius 2 is 0.677 bits per heavy atom. The number of unbranched alkanes of at least 4 members (excludes halogenated alkanes) is 19. The highest BCUT2D eigenvalue weighted by Gasteiger charge is 2.17. The summed E-state index contributed by atoms with van der Waals surface area (Å²) in [6.07, 6.45) is 37.6. The quantitative estimate of drug-likeness (QED) is 0.0460. The maximum absolute atomic E-state index is 12.8. The molecule has 0 heterocycles. The van der Waals surface area contributed by atoms with Gasteiger partial charge in [-0.05, 0) is 109 Å². The molecule has 62 heavy (non-hydrogen) atoms. The molecule has 8 heteroatoms. The molecule has 0 radical (unpaired) electrons. The summed E-state index contributed by atoms with van der Waals surface area (Å²) in [5.41, 5.74) is 0. The number of hydrogen-bond acceptors (Lipinski definition) is 8. The second-order valence-electron chi connectivity index (χ2n) is 19.3. The zero-order chi connectivity index (χ0) is 45.7. The van der Waals surface area contributed by atoms with Crippen molar-refractivity contribution in [1.29, 1.82) is 0 Å². The topological polar surface area (TPSA) is 99.5 Å². The van der Waals surface area contributed by atoms with E-state index in [0.29, 0.717) is 51.0 Å². The molecule has 0 saturated heterocycles. The molecule has 4 atom stereocenters. The number of carbonyl (C=O) groups is 2. The molecular weight excluding hydrogens is 773 g/mol. The van der Waals surface area contributed by atoms with Crippen molar-refractivity contribution in [2.24, 2.45) is 11.8 Å². The Balaban J connectivity index is 4.76. The highest BCUT2D eigenvalue weighted by Crippen LogP contribution is 2.22. The van der Waals surface area contributed by atoms with Crippen LogP contribution < -0.4 is 0 Å². The van der Waals surface area contributed by atoms with Crippen LogP contribution in [0.3, 0.4) is 0 Å².